The Bertz CT molecular complexity index is 215. The second kappa shape index (κ2) is 8.99. The maximum absolute atomic E-state index is 5.66. The molecule has 0 heterocycles. The summed E-state index contributed by atoms with van der Waals surface area (Å²) in [4.78, 5) is 0. The molecule has 0 amide bonds. The summed E-state index contributed by atoms with van der Waals surface area (Å²) in [5.74, 6) is 0.760. The Labute approximate surface area is 101 Å². The van der Waals surface area contributed by atoms with Gasteiger partial charge in [-0.25, -0.2) is 0 Å². The molecule has 0 aliphatic heterocycles. The molecule has 68 valence electrons. The van der Waals surface area contributed by atoms with Gasteiger partial charge in [0.05, 0.1) is 6.61 Å². The molecule has 0 spiro atoms. The summed E-state index contributed by atoms with van der Waals surface area (Å²) in [6.45, 7) is 2.80. The summed E-state index contributed by atoms with van der Waals surface area (Å²) in [6, 6.07) is 8.23. The summed E-state index contributed by atoms with van der Waals surface area (Å²) in [7, 11) is 0. The molecule has 0 unspecified atom stereocenters. The second-order valence-electron chi connectivity index (χ2n) is 2.22. The van der Waals surface area contributed by atoms with Crippen LogP contribution in [0.3, 0.4) is 0 Å². The van der Waals surface area contributed by atoms with E-state index in [0.29, 0.717) is 5.02 Å². The van der Waals surface area contributed by atoms with Crippen LogP contribution in [0.4, 0.5) is 0 Å². The molecule has 0 atom stereocenters. The van der Waals surface area contributed by atoms with E-state index in [2.05, 4.69) is 26.6 Å². The molecular formula is C9H10BrClOZn. The van der Waals surface area contributed by atoms with Gasteiger partial charge < -0.3 is 4.74 Å². The molecule has 0 bridgehead atoms. The third-order valence-electron chi connectivity index (χ3n) is 1.21. The Morgan fingerprint density at radius 1 is 1.54 bits per heavy atom. The summed E-state index contributed by atoms with van der Waals surface area (Å²) in [6.07, 6.45) is 1.01. The van der Waals surface area contributed by atoms with Crippen LogP contribution in [0.2, 0.25) is 5.02 Å². The van der Waals surface area contributed by atoms with Crippen LogP contribution in [-0.2, 0) is 16.3 Å². The van der Waals surface area contributed by atoms with Crippen molar-refractivity contribution in [1.29, 1.82) is 0 Å². The maximum atomic E-state index is 5.66. The molecular weight excluding hydrogens is 305 g/mol. The number of halogens is 2. The summed E-state index contributed by atoms with van der Waals surface area (Å²) in [5, 5.41) is 0.689. The molecule has 1 aromatic rings. The quantitative estimate of drug-likeness (QED) is 0.609. The molecule has 1 rings (SSSR count). The van der Waals surface area contributed by atoms with Gasteiger partial charge in [0.25, 0.3) is 0 Å². The molecule has 0 fully saturated rings. The number of benzene rings is 1. The van der Waals surface area contributed by atoms with Crippen molar-refractivity contribution in [3.05, 3.63) is 29.3 Å². The Kier molecular flexibility index (Phi) is 9.27. The van der Waals surface area contributed by atoms with E-state index in [0.717, 1.165) is 18.8 Å². The zero-order valence-corrected chi connectivity index (χ0v) is 12.8. The molecule has 0 radical (unpaired) electrons. The summed E-state index contributed by atoms with van der Waals surface area (Å²) >= 11 is 9.91. The third kappa shape index (κ3) is 6.48. The fourth-order valence-electron chi connectivity index (χ4n) is 0.693. The van der Waals surface area contributed by atoms with E-state index in [9.17, 15) is 0 Å². The van der Waals surface area contributed by atoms with Crippen LogP contribution in [0.5, 0.6) is 5.75 Å². The molecule has 0 aliphatic rings. The van der Waals surface area contributed by atoms with Crippen molar-refractivity contribution in [2.45, 2.75) is 13.3 Å². The molecule has 1 nitrogen and oxygen atoms in total. The Morgan fingerprint density at radius 3 is 2.69 bits per heavy atom. The zero-order valence-electron chi connectivity index (χ0n) is 7.52. The van der Waals surface area contributed by atoms with Gasteiger partial charge >= 0.3 is 30.0 Å². The first-order valence-electron chi connectivity index (χ1n) is 3.89. The standard InChI is InChI=1S/C9H10ClO.BrH.Zn/c1-2-7-11-9-5-3-8(10)4-6-9;;/h3-5H,2,7H2,1H3;1H;/q-1;;+2/p-1. The fourth-order valence-corrected chi connectivity index (χ4v) is 0.811. The molecule has 0 aromatic heterocycles. The van der Waals surface area contributed by atoms with Crippen LogP contribution in [-0.4, -0.2) is 6.61 Å². The Morgan fingerprint density at radius 2 is 2.23 bits per heavy atom. The number of ether oxygens (including phenoxy) is 1. The minimum atomic E-state index is 0.689. The number of rotatable bonds is 3. The first kappa shape index (κ1) is 13.4. The SMILES string of the molecule is CCCOc1[c-]cc(Cl)cc1.[Zn+][Br]. The van der Waals surface area contributed by atoms with E-state index in [-0.39, 0.29) is 0 Å². The van der Waals surface area contributed by atoms with E-state index < -0.39 is 0 Å². The van der Waals surface area contributed by atoms with E-state index in [1.165, 1.54) is 16.3 Å². The van der Waals surface area contributed by atoms with E-state index in [4.69, 9.17) is 16.3 Å². The van der Waals surface area contributed by atoms with Gasteiger partial charge in [0.2, 0.25) is 0 Å². The van der Waals surface area contributed by atoms with Crippen LogP contribution in [0.1, 0.15) is 13.3 Å². The summed E-state index contributed by atoms with van der Waals surface area (Å²) in [5.41, 5.74) is 0. The zero-order chi connectivity index (χ0) is 10.1. The van der Waals surface area contributed by atoms with Crippen molar-refractivity contribution in [2.24, 2.45) is 0 Å². The van der Waals surface area contributed by atoms with E-state index >= 15 is 0 Å². The topological polar surface area (TPSA) is 9.23 Å². The van der Waals surface area contributed by atoms with Gasteiger partial charge in [0.15, 0.2) is 0 Å². The molecule has 0 aliphatic carbocycles. The average Bonchev–Trinajstić information content (AvgIpc) is 2.20. The predicted octanol–water partition coefficient (Wildman–Crippen LogP) is 3.77. The van der Waals surface area contributed by atoms with Gasteiger partial charge in [0.1, 0.15) is 0 Å². The molecule has 0 saturated heterocycles. The van der Waals surface area contributed by atoms with Crippen molar-refractivity contribution in [3.8, 4) is 5.75 Å². The molecule has 4 heteroatoms. The van der Waals surface area contributed by atoms with Gasteiger partial charge in [-0.05, 0) is 6.42 Å². The minimum absolute atomic E-state index is 0.689. The molecule has 0 N–H and O–H groups in total. The summed E-state index contributed by atoms with van der Waals surface area (Å²) < 4.78 is 5.30. The Hall–Kier alpha value is 0.413. The first-order valence-corrected chi connectivity index (χ1v) is 11.2. The van der Waals surface area contributed by atoms with Gasteiger partial charge in [-0.15, -0.1) is 12.1 Å². The van der Waals surface area contributed by atoms with Crippen LogP contribution < -0.4 is 4.74 Å². The van der Waals surface area contributed by atoms with Crippen molar-refractivity contribution in [2.75, 3.05) is 6.61 Å². The van der Waals surface area contributed by atoms with Gasteiger partial charge in [-0.1, -0.05) is 11.9 Å². The Balaban J connectivity index is 0.000000671. The van der Waals surface area contributed by atoms with Crippen molar-refractivity contribution >= 4 is 25.2 Å². The van der Waals surface area contributed by atoms with Crippen molar-refractivity contribution in [3.63, 3.8) is 0 Å². The van der Waals surface area contributed by atoms with Crippen LogP contribution >= 0.6 is 25.2 Å². The van der Waals surface area contributed by atoms with E-state index in [1.807, 2.05) is 6.07 Å². The second-order valence-corrected chi connectivity index (χ2v) is 2.66. The number of hydrogen-bond donors (Lipinski definition) is 0. The molecule has 1 aromatic carbocycles. The van der Waals surface area contributed by atoms with Crippen molar-refractivity contribution < 1.29 is 21.1 Å². The average molecular weight is 315 g/mol. The third-order valence-corrected chi connectivity index (χ3v) is 1.44. The monoisotopic (exact) mass is 312 g/mol. The number of hydrogen-bond acceptors (Lipinski definition) is 1. The van der Waals surface area contributed by atoms with Gasteiger partial charge in [0, 0.05) is 5.75 Å². The van der Waals surface area contributed by atoms with Crippen LogP contribution in [0.25, 0.3) is 0 Å². The first-order chi connectivity index (χ1) is 6.33. The predicted molar refractivity (Wildman–Crippen MR) is 55.0 cm³/mol. The normalized spacial score (nSPS) is 8.69. The fraction of sp³-hybridized carbons (Fsp3) is 0.333. The van der Waals surface area contributed by atoms with Crippen molar-refractivity contribution in [1.82, 2.24) is 0 Å². The van der Waals surface area contributed by atoms with E-state index in [1.54, 1.807) is 12.1 Å². The van der Waals surface area contributed by atoms with Crippen LogP contribution in [0, 0.1) is 6.07 Å². The van der Waals surface area contributed by atoms with Crippen LogP contribution in [0.15, 0.2) is 18.2 Å². The van der Waals surface area contributed by atoms with Gasteiger partial charge in [-0.3, -0.25) is 0 Å². The molecule has 13 heavy (non-hydrogen) atoms. The molecule has 0 saturated carbocycles. The van der Waals surface area contributed by atoms with Gasteiger partial charge in [-0.2, -0.15) is 23.7 Å².